The van der Waals surface area contributed by atoms with E-state index in [1.54, 1.807) is 0 Å². The van der Waals surface area contributed by atoms with Gasteiger partial charge in [0.25, 0.3) is 0 Å². The standard InChI is InChI=1S/C14H14.C13H14S/c1-12-7-9-14(10-8-12)11-13-5-3-2-4-6-13;1-11-4-6-12(7-5-11)8-9-13-3-2-10-14-13/h2-10H,11H2,1H3;2-7,10H,8-9H2,1H3. The number of aryl methyl sites for hydroxylation is 4. The van der Waals surface area contributed by atoms with Crippen LogP contribution in [0, 0.1) is 13.8 Å². The first kappa shape index (κ1) is 20.1. The van der Waals surface area contributed by atoms with Gasteiger partial charge in [0.2, 0.25) is 0 Å². The van der Waals surface area contributed by atoms with E-state index in [2.05, 4.69) is 110 Å². The Morgan fingerprint density at radius 3 is 1.68 bits per heavy atom. The summed E-state index contributed by atoms with van der Waals surface area (Å²) < 4.78 is 0. The van der Waals surface area contributed by atoms with E-state index in [1.807, 2.05) is 11.3 Å². The van der Waals surface area contributed by atoms with Gasteiger partial charge >= 0.3 is 0 Å². The molecule has 0 bridgehead atoms. The number of hydrogen-bond donors (Lipinski definition) is 0. The summed E-state index contributed by atoms with van der Waals surface area (Å²) in [6.45, 7) is 4.25. The highest BCUT2D eigenvalue weighted by Crippen LogP contribution is 2.13. The Hall–Kier alpha value is -2.64. The molecular formula is C27H28S. The second kappa shape index (κ2) is 10.6. The highest BCUT2D eigenvalue weighted by atomic mass is 32.1. The molecule has 0 spiro atoms. The van der Waals surface area contributed by atoms with E-state index in [0.29, 0.717) is 0 Å². The van der Waals surface area contributed by atoms with E-state index in [-0.39, 0.29) is 0 Å². The smallest absolute Gasteiger partial charge is 0.00485 e. The third kappa shape index (κ3) is 6.83. The minimum atomic E-state index is 1.03. The van der Waals surface area contributed by atoms with Crippen LogP contribution in [0.4, 0.5) is 0 Å². The summed E-state index contributed by atoms with van der Waals surface area (Å²) in [6, 6.07) is 32.4. The van der Waals surface area contributed by atoms with Gasteiger partial charge < -0.3 is 0 Å². The van der Waals surface area contributed by atoms with Gasteiger partial charge in [-0.3, -0.25) is 0 Å². The van der Waals surface area contributed by atoms with Gasteiger partial charge in [-0.25, -0.2) is 0 Å². The van der Waals surface area contributed by atoms with Crippen molar-refractivity contribution in [2.45, 2.75) is 33.1 Å². The molecule has 0 nitrogen and oxygen atoms in total. The first-order chi connectivity index (χ1) is 13.7. The quantitative estimate of drug-likeness (QED) is 0.336. The van der Waals surface area contributed by atoms with Crippen LogP contribution in [0.3, 0.4) is 0 Å². The number of hydrogen-bond acceptors (Lipinski definition) is 1. The molecule has 4 aromatic rings. The van der Waals surface area contributed by atoms with Crippen LogP contribution < -0.4 is 0 Å². The normalized spacial score (nSPS) is 10.2. The molecule has 142 valence electrons. The minimum absolute atomic E-state index is 1.03. The fraction of sp³-hybridized carbons (Fsp3) is 0.185. The van der Waals surface area contributed by atoms with Crippen molar-refractivity contribution in [1.29, 1.82) is 0 Å². The first-order valence-electron chi connectivity index (χ1n) is 9.86. The Bertz CT molecular complexity index is 918. The molecule has 0 saturated carbocycles. The Labute approximate surface area is 173 Å². The molecule has 1 heterocycles. The van der Waals surface area contributed by atoms with Crippen LogP contribution in [-0.2, 0) is 19.3 Å². The van der Waals surface area contributed by atoms with Gasteiger partial charge in [-0.05, 0) is 61.2 Å². The van der Waals surface area contributed by atoms with Crippen LogP contribution in [-0.4, -0.2) is 0 Å². The van der Waals surface area contributed by atoms with Gasteiger partial charge in [-0.2, -0.15) is 0 Å². The van der Waals surface area contributed by atoms with Crippen LogP contribution in [0.25, 0.3) is 0 Å². The zero-order chi connectivity index (χ0) is 19.6. The molecule has 0 unspecified atom stereocenters. The molecule has 0 amide bonds. The van der Waals surface area contributed by atoms with E-state index in [1.165, 1.54) is 39.1 Å². The van der Waals surface area contributed by atoms with Crippen LogP contribution in [0.15, 0.2) is 96.4 Å². The van der Waals surface area contributed by atoms with E-state index >= 15 is 0 Å². The number of benzene rings is 3. The van der Waals surface area contributed by atoms with E-state index in [9.17, 15) is 0 Å². The monoisotopic (exact) mass is 384 g/mol. The maximum Gasteiger partial charge on any atom is 0.00485 e. The van der Waals surface area contributed by atoms with Crippen LogP contribution in [0.2, 0.25) is 0 Å². The Morgan fingerprint density at radius 1 is 0.536 bits per heavy atom. The van der Waals surface area contributed by atoms with E-state index < -0.39 is 0 Å². The van der Waals surface area contributed by atoms with Crippen molar-refractivity contribution in [3.8, 4) is 0 Å². The summed E-state index contributed by atoms with van der Waals surface area (Å²) in [7, 11) is 0. The van der Waals surface area contributed by atoms with E-state index in [4.69, 9.17) is 0 Å². The number of rotatable bonds is 5. The average molecular weight is 385 g/mol. The SMILES string of the molecule is Cc1ccc(CCc2cccs2)cc1.Cc1ccc(Cc2ccccc2)cc1. The second-order valence-corrected chi connectivity index (χ2v) is 8.25. The van der Waals surface area contributed by atoms with Crippen molar-refractivity contribution >= 4 is 11.3 Å². The molecule has 0 aliphatic rings. The van der Waals surface area contributed by atoms with Gasteiger partial charge in [0.05, 0.1) is 0 Å². The van der Waals surface area contributed by atoms with Gasteiger partial charge in [-0.1, -0.05) is 96.1 Å². The van der Waals surface area contributed by atoms with Crippen LogP contribution in [0.1, 0.15) is 32.7 Å². The predicted molar refractivity (Wildman–Crippen MR) is 123 cm³/mol. The zero-order valence-corrected chi connectivity index (χ0v) is 17.6. The summed E-state index contributed by atoms with van der Waals surface area (Å²) >= 11 is 1.85. The van der Waals surface area contributed by atoms with Crippen molar-refractivity contribution in [2.75, 3.05) is 0 Å². The minimum Gasteiger partial charge on any atom is -0.149 e. The molecule has 0 fully saturated rings. The van der Waals surface area contributed by atoms with Crippen molar-refractivity contribution in [3.63, 3.8) is 0 Å². The lowest BCUT2D eigenvalue weighted by atomic mass is 10.0. The van der Waals surface area contributed by atoms with Crippen molar-refractivity contribution in [2.24, 2.45) is 0 Å². The Balaban J connectivity index is 0.000000161. The van der Waals surface area contributed by atoms with Crippen molar-refractivity contribution in [1.82, 2.24) is 0 Å². The average Bonchev–Trinajstić information content (AvgIpc) is 3.24. The molecule has 0 N–H and O–H groups in total. The third-order valence-electron chi connectivity index (χ3n) is 4.73. The summed E-state index contributed by atoms with van der Waals surface area (Å²) in [5, 5.41) is 2.14. The summed E-state index contributed by atoms with van der Waals surface area (Å²) in [6.07, 6.45) is 3.35. The van der Waals surface area contributed by atoms with Crippen molar-refractivity contribution in [3.05, 3.63) is 129 Å². The second-order valence-electron chi connectivity index (χ2n) is 7.21. The number of thiophene rings is 1. The fourth-order valence-electron chi connectivity index (χ4n) is 3.01. The van der Waals surface area contributed by atoms with Crippen LogP contribution >= 0.6 is 11.3 Å². The van der Waals surface area contributed by atoms with Gasteiger partial charge in [0.15, 0.2) is 0 Å². The Morgan fingerprint density at radius 2 is 1.11 bits per heavy atom. The maximum atomic E-state index is 2.23. The molecule has 28 heavy (non-hydrogen) atoms. The van der Waals surface area contributed by atoms with Gasteiger partial charge in [0, 0.05) is 4.88 Å². The van der Waals surface area contributed by atoms with Gasteiger partial charge in [0.1, 0.15) is 0 Å². The zero-order valence-electron chi connectivity index (χ0n) is 16.8. The highest BCUT2D eigenvalue weighted by Gasteiger charge is 1.96. The molecule has 1 heteroatoms. The molecule has 1 aromatic heterocycles. The largest absolute Gasteiger partial charge is 0.149 e. The lowest BCUT2D eigenvalue weighted by molar-refractivity contribution is 0.980. The lowest BCUT2D eigenvalue weighted by Gasteiger charge is -2.01. The maximum absolute atomic E-state index is 2.23. The van der Waals surface area contributed by atoms with Crippen LogP contribution in [0.5, 0.6) is 0 Å². The summed E-state index contributed by atoms with van der Waals surface area (Å²) in [5.41, 5.74) is 6.84. The molecule has 0 saturated heterocycles. The van der Waals surface area contributed by atoms with Crippen molar-refractivity contribution < 1.29 is 0 Å². The highest BCUT2D eigenvalue weighted by molar-refractivity contribution is 7.09. The predicted octanol–water partition coefficient (Wildman–Crippen LogP) is 7.43. The first-order valence-corrected chi connectivity index (χ1v) is 10.7. The fourth-order valence-corrected chi connectivity index (χ4v) is 3.72. The molecule has 0 aliphatic heterocycles. The summed E-state index contributed by atoms with van der Waals surface area (Å²) in [4.78, 5) is 1.48. The van der Waals surface area contributed by atoms with E-state index in [0.717, 1.165) is 12.8 Å². The molecule has 4 rings (SSSR count). The van der Waals surface area contributed by atoms with Gasteiger partial charge in [-0.15, -0.1) is 11.3 Å². The summed E-state index contributed by atoms with van der Waals surface area (Å²) in [5.74, 6) is 0. The molecule has 0 aliphatic carbocycles. The molecule has 3 aromatic carbocycles. The Kier molecular flexibility index (Phi) is 7.63. The molecular weight excluding hydrogens is 356 g/mol. The topological polar surface area (TPSA) is 0 Å². The molecule has 0 atom stereocenters. The third-order valence-corrected chi connectivity index (χ3v) is 5.67. The lowest BCUT2D eigenvalue weighted by Crippen LogP contribution is -1.88. The molecule has 0 radical (unpaired) electrons.